The lowest BCUT2D eigenvalue weighted by Crippen LogP contribution is -2.33. The number of aryl methyl sites for hydroxylation is 1. The van der Waals surface area contributed by atoms with Crippen LogP contribution >= 0.6 is 11.8 Å². The lowest BCUT2D eigenvalue weighted by atomic mass is 10.2. The molecular weight excluding hydrogens is 200 g/mol. The second kappa shape index (κ2) is 4.33. The van der Waals surface area contributed by atoms with Gasteiger partial charge in [-0.1, -0.05) is 17.7 Å². The van der Waals surface area contributed by atoms with Crippen LogP contribution in [0.2, 0.25) is 0 Å². The Balaban J connectivity index is 2.84. The van der Waals surface area contributed by atoms with E-state index in [0.717, 1.165) is 15.7 Å². The Bertz CT molecular complexity index is 321. The van der Waals surface area contributed by atoms with Crippen LogP contribution in [0.15, 0.2) is 24.3 Å². The molecule has 14 heavy (non-hydrogen) atoms. The highest BCUT2D eigenvalue weighted by Gasteiger charge is 2.13. The van der Waals surface area contributed by atoms with Crippen molar-refractivity contribution in [3.63, 3.8) is 0 Å². The molecule has 0 fully saturated rings. The number of hydrogen-bond donors (Lipinski definition) is 0. The monoisotopic (exact) mass is 212 g/mol. The van der Waals surface area contributed by atoms with Crippen LogP contribution < -0.4 is 4.90 Å². The molecule has 1 aromatic carbocycles. The predicted octanol–water partition coefficient (Wildman–Crippen LogP) is 2.64. The summed E-state index contributed by atoms with van der Waals surface area (Å²) in [4.78, 5) is 12.9. The van der Waals surface area contributed by atoms with Gasteiger partial charge in [0.15, 0.2) is 0 Å². The van der Waals surface area contributed by atoms with Crippen LogP contribution in [0.3, 0.4) is 0 Å². The van der Waals surface area contributed by atoms with Gasteiger partial charge in [0, 0.05) is 31.6 Å². The first-order valence-electron chi connectivity index (χ1n) is 4.26. The van der Waals surface area contributed by atoms with E-state index in [1.54, 1.807) is 7.05 Å². The normalized spacial score (nSPS) is 9.71. The number of nitrogens with zero attached hydrogens (tertiary/aromatic N) is 2. The van der Waals surface area contributed by atoms with E-state index >= 15 is 0 Å². The van der Waals surface area contributed by atoms with Gasteiger partial charge in [0.25, 0.3) is 0 Å². The molecule has 0 bridgehead atoms. The number of carbonyl (C=O) groups is 1. The summed E-state index contributed by atoms with van der Waals surface area (Å²) in [5, 5.41) is 0. The molecule has 0 aliphatic rings. The molecule has 1 aromatic rings. The first-order chi connectivity index (χ1) is 6.52. The molecule has 1 rings (SSSR count). The molecule has 0 spiro atoms. The summed E-state index contributed by atoms with van der Waals surface area (Å²) < 4.78 is 1.03. The van der Waals surface area contributed by atoms with Crippen molar-refractivity contribution >= 4 is 23.5 Å². The lowest BCUT2D eigenvalue weighted by Gasteiger charge is -2.19. The predicted molar refractivity (Wildman–Crippen MR) is 58.6 cm³/mol. The first-order valence-corrected chi connectivity index (χ1v) is 4.60. The molecule has 0 aliphatic carbocycles. The number of amides is 2. The van der Waals surface area contributed by atoms with E-state index in [9.17, 15) is 4.79 Å². The SMILES string of the molecule is Cc1ccc(N(C)C(=O)N(C)Cl)cc1. The molecule has 0 saturated heterocycles. The van der Waals surface area contributed by atoms with Crippen LogP contribution in [0.4, 0.5) is 10.5 Å². The highest BCUT2D eigenvalue weighted by atomic mass is 35.5. The summed E-state index contributed by atoms with van der Waals surface area (Å²) in [5.41, 5.74) is 1.99. The summed E-state index contributed by atoms with van der Waals surface area (Å²) in [5.74, 6) is 0. The number of benzene rings is 1. The fraction of sp³-hybridized carbons (Fsp3) is 0.300. The van der Waals surface area contributed by atoms with Crippen LogP contribution in [0, 0.1) is 6.92 Å². The van der Waals surface area contributed by atoms with Crippen molar-refractivity contribution in [3.05, 3.63) is 29.8 Å². The van der Waals surface area contributed by atoms with E-state index < -0.39 is 0 Å². The zero-order valence-electron chi connectivity index (χ0n) is 8.49. The number of halogens is 1. The number of hydrogen-bond acceptors (Lipinski definition) is 1. The highest BCUT2D eigenvalue weighted by molar-refractivity contribution is 6.22. The fourth-order valence-corrected chi connectivity index (χ4v) is 1.20. The van der Waals surface area contributed by atoms with E-state index in [2.05, 4.69) is 0 Å². The van der Waals surface area contributed by atoms with Crippen molar-refractivity contribution in [3.8, 4) is 0 Å². The van der Waals surface area contributed by atoms with Crippen LogP contribution in [-0.4, -0.2) is 24.5 Å². The maximum absolute atomic E-state index is 11.4. The molecule has 0 N–H and O–H groups in total. The van der Waals surface area contributed by atoms with Crippen molar-refractivity contribution in [2.75, 3.05) is 19.0 Å². The average molecular weight is 213 g/mol. The van der Waals surface area contributed by atoms with E-state index in [4.69, 9.17) is 11.8 Å². The van der Waals surface area contributed by atoms with E-state index in [0.29, 0.717) is 0 Å². The Morgan fingerprint density at radius 3 is 2.14 bits per heavy atom. The molecule has 0 saturated carbocycles. The summed E-state index contributed by atoms with van der Waals surface area (Å²) >= 11 is 5.55. The minimum Gasteiger partial charge on any atom is -0.296 e. The van der Waals surface area contributed by atoms with E-state index in [1.165, 1.54) is 11.9 Å². The van der Waals surface area contributed by atoms with E-state index in [-0.39, 0.29) is 6.03 Å². The van der Waals surface area contributed by atoms with Gasteiger partial charge in [-0.15, -0.1) is 0 Å². The highest BCUT2D eigenvalue weighted by Crippen LogP contribution is 2.15. The third kappa shape index (κ3) is 2.39. The topological polar surface area (TPSA) is 23.6 Å². The second-order valence-electron chi connectivity index (χ2n) is 3.15. The van der Waals surface area contributed by atoms with Gasteiger partial charge in [0.1, 0.15) is 0 Å². The van der Waals surface area contributed by atoms with Gasteiger partial charge in [-0.3, -0.25) is 4.90 Å². The Kier molecular flexibility index (Phi) is 3.36. The molecule has 0 radical (unpaired) electrons. The summed E-state index contributed by atoms with van der Waals surface area (Å²) in [6.07, 6.45) is 0. The third-order valence-corrected chi connectivity index (χ3v) is 2.12. The molecule has 3 nitrogen and oxygen atoms in total. The quantitative estimate of drug-likeness (QED) is 0.657. The van der Waals surface area contributed by atoms with Crippen molar-refractivity contribution in [2.45, 2.75) is 6.92 Å². The first kappa shape index (κ1) is 10.9. The largest absolute Gasteiger partial charge is 0.338 e. The minimum absolute atomic E-state index is 0.254. The molecule has 4 heteroatoms. The average Bonchev–Trinajstić information content (AvgIpc) is 2.16. The molecule has 0 heterocycles. The van der Waals surface area contributed by atoms with Gasteiger partial charge in [-0.05, 0) is 19.1 Å². The molecule has 0 aliphatic heterocycles. The maximum Gasteiger partial charge on any atom is 0.338 e. The van der Waals surface area contributed by atoms with Crippen molar-refractivity contribution in [1.29, 1.82) is 0 Å². The van der Waals surface area contributed by atoms with Crippen molar-refractivity contribution in [1.82, 2.24) is 4.42 Å². The van der Waals surface area contributed by atoms with E-state index in [1.807, 2.05) is 31.2 Å². The molecule has 0 unspecified atom stereocenters. The summed E-state index contributed by atoms with van der Waals surface area (Å²) in [6.45, 7) is 2.00. The second-order valence-corrected chi connectivity index (χ2v) is 3.66. The van der Waals surface area contributed by atoms with Crippen LogP contribution in [0.1, 0.15) is 5.56 Å². The Labute approximate surface area is 89.0 Å². The third-order valence-electron chi connectivity index (χ3n) is 1.97. The Morgan fingerprint density at radius 1 is 1.21 bits per heavy atom. The van der Waals surface area contributed by atoms with Crippen molar-refractivity contribution in [2.24, 2.45) is 0 Å². The van der Waals surface area contributed by atoms with Gasteiger partial charge in [0.2, 0.25) is 0 Å². The van der Waals surface area contributed by atoms with Crippen LogP contribution in [-0.2, 0) is 0 Å². The number of rotatable bonds is 1. The van der Waals surface area contributed by atoms with Gasteiger partial charge < -0.3 is 0 Å². The fourth-order valence-electron chi connectivity index (χ4n) is 1.09. The summed E-state index contributed by atoms with van der Waals surface area (Å²) in [6, 6.07) is 7.41. The number of anilines is 1. The molecule has 76 valence electrons. The molecular formula is C10H13ClN2O. The lowest BCUT2D eigenvalue weighted by molar-refractivity contribution is 0.236. The zero-order valence-corrected chi connectivity index (χ0v) is 9.25. The Morgan fingerprint density at radius 2 is 1.71 bits per heavy atom. The number of carbonyl (C=O) groups excluding carboxylic acids is 1. The van der Waals surface area contributed by atoms with Gasteiger partial charge in [-0.2, -0.15) is 0 Å². The zero-order chi connectivity index (χ0) is 10.7. The minimum atomic E-state index is -0.254. The summed E-state index contributed by atoms with van der Waals surface area (Å²) in [7, 11) is 3.19. The van der Waals surface area contributed by atoms with Gasteiger partial charge in [0.05, 0.1) is 0 Å². The molecule has 0 atom stereocenters. The Hall–Kier alpha value is -1.22. The smallest absolute Gasteiger partial charge is 0.296 e. The standard InChI is InChI=1S/C10H13ClN2O/c1-8-4-6-9(7-5-8)12(2)10(14)13(3)11/h4-7H,1-3H3. The van der Waals surface area contributed by atoms with Gasteiger partial charge in [-0.25, -0.2) is 9.21 Å². The maximum atomic E-state index is 11.4. The number of urea groups is 1. The van der Waals surface area contributed by atoms with Crippen LogP contribution in [0.25, 0.3) is 0 Å². The molecule has 0 aromatic heterocycles. The van der Waals surface area contributed by atoms with Gasteiger partial charge >= 0.3 is 6.03 Å². The van der Waals surface area contributed by atoms with Crippen LogP contribution in [0.5, 0.6) is 0 Å². The molecule has 2 amide bonds. The van der Waals surface area contributed by atoms with Crippen molar-refractivity contribution < 1.29 is 4.79 Å².